The molecule has 0 heterocycles. The van der Waals surface area contributed by atoms with Crippen molar-refractivity contribution in [2.24, 2.45) is 0 Å². The monoisotopic (exact) mass is 1000 g/mol. The highest BCUT2D eigenvalue weighted by Crippen LogP contribution is 2.18. The number of hydrogen-bond acceptors (Lipinski definition) is 3. The van der Waals surface area contributed by atoms with Crippen LogP contribution >= 0.6 is 0 Å². The fraction of sp³-hybridized carbons (Fsp3) is 0.779. The summed E-state index contributed by atoms with van der Waals surface area (Å²) in [4.78, 5) is 12.5. The van der Waals surface area contributed by atoms with Crippen molar-refractivity contribution in [1.82, 2.24) is 5.32 Å². The van der Waals surface area contributed by atoms with Crippen molar-refractivity contribution in [1.29, 1.82) is 0 Å². The lowest BCUT2D eigenvalue weighted by Gasteiger charge is -2.22. The van der Waals surface area contributed by atoms with E-state index in [2.05, 4.69) is 104 Å². The molecule has 4 nitrogen and oxygen atoms in total. The van der Waals surface area contributed by atoms with Gasteiger partial charge in [0, 0.05) is 6.42 Å². The zero-order valence-corrected chi connectivity index (χ0v) is 48.2. The molecular formula is C68H123NO3. The molecule has 0 aromatic carbocycles. The predicted octanol–water partition coefficient (Wildman–Crippen LogP) is 21.5. The number of aliphatic hydroxyl groups excluding tert-OH is 2. The molecule has 0 radical (unpaired) electrons. The number of allylic oxidation sites excluding steroid dienone is 14. The van der Waals surface area contributed by atoms with Gasteiger partial charge in [0.05, 0.1) is 18.8 Å². The summed E-state index contributed by atoms with van der Waals surface area (Å²) >= 11 is 0. The summed E-state index contributed by atoms with van der Waals surface area (Å²) in [5, 5.41) is 23.4. The van der Waals surface area contributed by atoms with Gasteiger partial charge in [0.2, 0.25) is 5.91 Å². The van der Waals surface area contributed by atoms with Crippen molar-refractivity contribution >= 4 is 5.91 Å². The van der Waals surface area contributed by atoms with Gasteiger partial charge in [-0.1, -0.05) is 330 Å². The molecule has 0 bridgehead atoms. The molecule has 2 unspecified atom stereocenters. The Morgan fingerprint density at radius 3 is 0.917 bits per heavy atom. The second kappa shape index (κ2) is 62.9. The lowest BCUT2D eigenvalue weighted by molar-refractivity contribution is -0.123. The van der Waals surface area contributed by atoms with Crippen LogP contribution in [0.4, 0.5) is 0 Å². The van der Waals surface area contributed by atoms with E-state index >= 15 is 0 Å². The van der Waals surface area contributed by atoms with E-state index in [1.807, 2.05) is 0 Å². The molecule has 0 rings (SSSR count). The molecule has 3 N–H and O–H groups in total. The summed E-state index contributed by atoms with van der Waals surface area (Å²) in [6.45, 7) is 4.27. The van der Waals surface area contributed by atoms with E-state index in [1.165, 1.54) is 225 Å². The van der Waals surface area contributed by atoms with Gasteiger partial charge < -0.3 is 15.5 Å². The third-order valence-corrected chi connectivity index (χ3v) is 14.4. The minimum Gasteiger partial charge on any atom is -0.394 e. The van der Waals surface area contributed by atoms with Gasteiger partial charge in [-0.2, -0.15) is 0 Å². The molecule has 1 amide bonds. The first-order valence-electron chi connectivity index (χ1n) is 31.8. The fourth-order valence-corrected chi connectivity index (χ4v) is 9.64. The number of rotatable bonds is 58. The molecule has 0 aromatic rings. The van der Waals surface area contributed by atoms with Crippen LogP contribution in [0.15, 0.2) is 85.1 Å². The number of hydrogen-bond donors (Lipinski definition) is 3. The van der Waals surface area contributed by atoms with Gasteiger partial charge >= 0.3 is 0 Å². The Hall–Kier alpha value is -2.43. The molecule has 0 aliphatic heterocycles. The van der Waals surface area contributed by atoms with Crippen LogP contribution < -0.4 is 5.32 Å². The van der Waals surface area contributed by atoms with Gasteiger partial charge in [-0.25, -0.2) is 0 Å². The summed E-state index contributed by atoms with van der Waals surface area (Å²) in [5.74, 6) is -0.0370. The zero-order chi connectivity index (χ0) is 52.0. The van der Waals surface area contributed by atoms with Crippen LogP contribution in [0.3, 0.4) is 0 Å². The Labute approximate surface area is 450 Å². The molecular weight excluding hydrogens is 879 g/mol. The van der Waals surface area contributed by atoms with E-state index in [0.29, 0.717) is 12.8 Å². The summed E-state index contributed by atoms with van der Waals surface area (Å²) in [6.07, 6.45) is 91.7. The SMILES string of the molecule is CC/C=C\C/C=C\C/C=C\C/C=C\C/C=C\C/C=C\C/C=C\CCCCCCCCCCCC(=O)NC(CO)C(O)CCCCCCCCCCCCCCCCCCCCCCCCCCCCCCC. The van der Waals surface area contributed by atoms with Crippen molar-refractivity contribution in [2.45, 2.75) is 334 Å². The third-order valence-electron chi connectivity index (χ3n) is 14.4. The van der Waals surface area contributed by atoms with E-state index in [4.69, 9.17) is 0 Å². The summed E-state index contributed by atoms with van der Waals surface area (Å²) in [7, 11) is 0. The van der Waals surface area contributed by atoms with Crippen molar-refractivity contribution in [3.63, 3.8) is 0 Å². The maximum absolute atomic E-state index is 12.5. The van der Waals surface area contributed by atoms with Crippen LogP contribution in [0.5, 0.6) is 0 Å². The summed E-state index contributed by atoms with van der Waals surface area (Å²) in [6, 6.07) is -0.547. The molecule has 0 saturated carbocycles. The van der Waals surface area contributed by atoms with Crippen molar-refractivity contribution in [2.75, 3.05) is 6.61 Å². The molecule has 0 aromatic heterocycles. The van der Waals surface area contributed by atoms with Gasteiger partial charge in [0.1, 0.15) is 0 Å². The van der Waals surface area contributed by atoms with Gasteiger partial charge in [0.25, 0.3) is 0 Å². The normalized spacial score (nSPS) is 13.3. The Bertz CT molecular complexity index is 1270. The topological polar surface area (TPSA) is 69.6 Å². The van der Waals surface area contributed by atoms with Gasteiger partial charge in [-0.15, -0.1) is 0 Å². The number of carbonyl (C=O) groups excluding carboxylic acids is 1. The standard InChI is InChI=1S/C68H123NO3/c1-3-5-7-9-11-13-15-17-19-21-23-25-27-29-31-33-34-36-38-40-42-44-46-48-50-52-54-56-58-60-62-64-68(72)69-66(65-70)67(71)63-61-59-57-55-53-51-49-47-45-43-41-39-37-35-32-30-28-26-24-22-20-18-16-14-12-10-8-6-4-2/h5,7,11,13,17,19,23,25,29,31,34,36,40,42,66-67,70-71H,3-4,6,8-10,12,14-16,18,20-22,24,26-28,30,32-33,35,37-39,41,43-65H2,1-2H3,(H,69,72)/b7-5-,13-11-,19-17-,25-23-,31-29-,36-34-,42-40-. The zero-order valence-electron chi connectivity index (χ0n) is 48.2. The highest BCUT2D eigenvalue weighted by molar-refractivity contribution is 5.76. The quantitative estimate of drug-likeness (QED) is 0.0420. The maximum Gasteiger partial charge on any atom is 0.220 e. The minimum atomic E-state index is -0.669. The molecule has 2 atom stereocenters. The van der Waals surface area contributed by atoms with Crippen molar-refractivity contribution < 1.29 is 15.0 Å². The Morgan fingerprint density at radius 1 is 0.347 bits per heavy atom. The van der Waals surface area contributed by atoms with Crippen molar-refractivity contribution in [3.05, 3.63) is 85.1 Å². The predicted molar refractivity (Wildman–Crippen MR) is 322 cm³/mol. The van der Waals surface area contributed by atoms with Crippen LogP contribution in [-0.4, -0.2) is 34.9 Å². The van der Waals surface area contributed by atoms with Crippen LogP contribution in [0.2, 0.25) is 0 Å². The molecule has 0 fully saturated rings. The lowest BCUT2D eigenvalue weighted by Crippen LogP contribution is -2.45. The molecule has 0 spiro atoms. The van der Waals surface area contributed by atoms with Gasteiger partial charge in [-0.05, 0) is 70.6 Å². The Morgan fingerprint density at radius 2 is 0.611 bits per heavy atom. The molecule has 0 saturated heterocycles. The van der Waals surface area contributed by atoms with E-state index in [9.17, 15) is 15.0 Å². The second-order valence-corrected chi connectivity index (χ2v) is 21.5. The van der Waals surface area contributed by atoms with Gasteiger partial charge in [0.15, 0.2) is 0 Å². The third kappa shape index (κ3) is 58.5. The smallest absolute Gasteiger partial charge is 0.220 e. The van der Waals surface area contributed by atoms with Crippen LogP contribution in [-0.2, 0) is 4.79 Å². The van der Waals surface area contributed by atoms with E-state index in [0.717, 1.165) is 70.6 Å². The summed E-state index contributed by atoms with van der Waals surface area (Å²) in [5.41, 5.74) is 0. The van der Waals surface area contributed by atoms with Crippen LogP contribution in [0.1, 0.15) is 322 Å². The number of unbranched alkanes of at least 4 members (excludes halogenated alkanes) is 37. The van der Waals surface area contributed by atoms with Crippen LogP contribution in [0.25, 0.3) is 0 Å². The largest absolute Gasteiger partial charge is 0.394 e. The van der Waals surface area contributed by atoms with E-state index < -0.39 is 12.1 Å². The minimum absolute atomic E-state index is 0.0370. The average Bonchev–Trinajstić information content (AvgIpc) is 3.39. The van der Waals surface area contributed by atoms with Crippen molar-refractivity contribution in [3.8, 4) is 0 Å². The number of amides is 1. The first-order chi connectivity index (χ1) is 35.7. The first-order valence-corrected chi connectivity index (χ1v) is 31.8. The van der Waals surface area contributed by atoms with E-state index in [-0.39, 0.29) is 12.5 Å². The Balaban J connectivity index is 3.49. The maximum atomic E-state index is 12.5. The molecule has 418 valence electrons. The first kappa shape index (κ1) is 69.6. The number of carbonyl (C=O) groups is 1. The molecule has 0 aliphatic rings. The highest BCUT2D eigenvalue weighted by Gasteiger charge is 2.20. The second-order valence-electron chi connectivity index (χ2n) is 21.5. The Kier molecular flexibility index (Phi) is 60.7. The van der Waals surface area contributed by atoms with Gasteiger partial charge in [-0.3, -0.25) is 4.79 Å². The lowest BCUT2D eigenvalue weighted by atomic mass is 10.0. The molecule has 72 heavy (non-hydrogen) atoms. The highest BCUT2D eigenvalue weighted by atomic mass is 16.3. The molecule has 0 aliphatic carbocycles. The number of nitrogens with one attached hydrogen (secondary N) is 1. The summed E-state index contributed by atoms with van der Waals surface area (Å²) < 4.78 is 0. The van der Waals surface area contributed by atoms with E-state index in [1.54, 1.807) is 0 Å². The van der Waals surface area contributed by atoms with Crippen LogP contribution in [0, 0.1) is 0 Å². The fourth-order valence-electron chi connectivity index (χ4n) is 9.64. The average molecular weight is 1000 g/mol. The number of aliphatic hydroxyl groups is 2. The molecule has 4 heteroatoms.